The summed E-state index contributed by atoms with van der Waals surface area (Å²) in [7, 11) is -4.22. The van der Waals surface area contributed by atoms with Gasteiger partial charge in [-0.1, -0.05) is 100 Å². The Morgan fingerprint density at radius 3 is 2.07 bits per heavy atom. The molecule has 0 aromatic heterocycles. The molecule has 1 atom stereocenters. The van der Waals surface area contributed by atoms with E-state index < -0.39 is 28.5 Å². The van der Waals surface area contributed by atoms with Crippen molar-refractivity contribution < 1.29 is 18.0 Å². The third-order valence-corrected chi connectivity index (χ3v) is 9.26. The number of carbonyl (C=O) groups is 2. The number of nitrogens with one attached hydrogen (secondary N) is 1. The quantitative estimate of drug-likeness (QED) is 0.186. The van der Waals surface area contributed by atoms with Crippen LogP contribution in [-0.4, -0.2) is 43.8 Å². The van der Waals surface area contributed by atoms with Crippen molar-refractivity contribution in [1.29, 1.82) is 0 Å². The highest BCUT2D eigenvalue weighted by Crippen LogP contribution is 2.31. The molecule has 0 aliphatic heterocycles. The molecular formula is C33H33BrClN3O4S. The van der Waals surface area contributed by atoms with E-state index in [0.717, 1.165) is 19.9 Å². The zero-order chi connectivity index (χ0) is 31.0. The maximum absolute atomic E-state index is 14.4. The molecule has 4 rings (SSSR count). The molecule has 0 unspecified atom stereocenters. The van der Waals surface area contributed by atoms with Crippen molar-refractivity contribution >= 4 is 55.1 Å². The number of anilines is 1. The van der Waals surface area contributed by atoms with E-state index in [1.165, 1.54) is 17.0 Å². The van der Waals surface area contributed by atoms with Gasteiger partial charge in [0.1, 0.15) is 12.6 Å². The number of carbonyl (C=O) groups excluding carboxylic acids is 2. The Labute approximate surface area is 266 Å². The molecule has 0 aliphatic carbocycles. The fourth-order valence-corrected chi connectivity index (χ4v) is 6.84. The first kappa shape index (κ1) is 32.3. The van der Waals surface area contributed by atoms with E-state index in [-0.39, 0.29) is 40.5 Å². The van der Waals surface area contributed by atoms with Crippen molar-refractivity contribution in [2.75, 3.05) is 10.8 Å². The molecule has 0 radical (unpaired) electrons. The number of halogens is 2. The minimum atomic E-state index is -4.22. The Morgan fingerprint density at radius 1 is 0.837 bits per heavy atom. The molecule has 1 N–H and O–H groups in total. The summed E-state index contributed by atoms with van der Waals surface area (Å²) in [5, 5.41) is 3.12. The molecule has 0 spiro atoms. The van der Waals surface area contributed by atoms with Crippen molar-refractivity contribution in [3.05, 3.63) is 130 Å². The number of amides is 2. The van der Waals surface area contributed by atoms with E-state index in [9.17, 15) is 18.0 Å². The fourth-order valence-electron chi connectivity index (χ4n) is 4.65. The summed E-state index contributed by atoms with van der Waals surface area (Å²) < 4.78 is 29.8. The lowest BCUT2D eigenvalue weighted by Gasteiger charge is -2.34. The average molecular weight is 683 g/mol. The SMILES string of the molecule is CC(C)NC(=O)[C@H](Cc1ccccc1)N(Cc1cccc(Br)c1)C(=O)CN(c1ccccc1Cl)S(=O)(=O)c1ccccc1. The molecular weight excluding hydrogens is 650 g/mol. The van der Waals surface area contributed by atoms with Crippen LogP contribution in [0.1, 0.15) is 25.0 Å². The minimum Gasteiger partial charge on any atom is -0.352 e. The molecule has 0 heterocycles. The first-order valence-electron chi connectivity index (χ1n) is 13.8. The Hall–Kier alpha value is -3.66. The molecule has 224 valence electrons. The van der Waals surface area contributed by atoms with Crippen LogP contribution in [0, 0.1) is 0 Å². The van der Waals surface area contributed by atoms with Gasteiger partial charge >= 0.3 is 0 Å². The minimum absolute atomic E-state index is 0.0136. The second kappa shape index (κ2) is 14.7. The van der Waals surface area contributed by atoms with Crippen molar-refractivity contribution in [1.82, 2.24) is 10.2 Å². The molecule has 0 bridgehead atoms. The number of hydrogen-bond donors (Lipinski definition) is 1. The maximum Gasteiger partial charge on any atom is 0.264 e. The molecule has 10 heteroatoms. The van der Waals surface area contributed by atoms with Gasteiger partial charge in [0.25, 0.3) is 10.0 Å². The summed E-state index contributed by atoms with van der Waals surface area (Å²) in [6.07, 6.45) is 0.233. The van der Waals surface area contributed by atoms with E-state index in [1.807, 2.05) is 68.4 Å². The van der Waals surface area contributed by atoms with Gasteiger partial charge in [-0.25, -0.2) is 8.42 Å². The summed E-state index contributed by atoms with van der Waals surface area (Å²) in [4.78, 5) is 29.6. The standard InChI is InChI=1S/C33H33BrClN3O4S/c1-24(2)36-33(40)31(21-25-12-5-3-6-13-25)37(22-26-14-11-15-27(34)20-26)32(39)23-38(30-19-10-9-18-29(30)35)43(41,42)28-16-7-4-8-17-28/h3-20,24,31H,21-23H2,1-2H3,(H,36,40)/t31-/m0/s1. The van der Waals surface area contributed by atoms with E-state index in [0.29, 0.717) is 0 Å². The molecule has 7 nitrogen and oxygen atoms in total. The van der Waals surface area contributed by atoms with Crippen LogP contribution in [0.4, 0.5) is 5.69 Å². The number of sulfonamides is 1. The van der Waals surface area contributed by atoms with Gasteiger partial charge in [0, 0.05) is 23.5 Å². The summed E-state index contributed by atoms with van der Waals surface area (Å²) in [5.74, 6) is -0.892. The highest BCUT2D eigenvalue weighted by atomic mass is 79.9. The average Bonchev–Trinajstić information content (AvgIpc) is 2.98. The van der Waals surface area contributed by atoms with Gasteiger partial charge in [0.2, 0.25) is 11.8 Å². The predicted molar refractivity (Wildman–Crippen MR) is 174 cm³/mol. The molecule has 0 saturated carbocycles. The maximum atomic E-state index is 14.4. The Kier molecular flexibility index (Phi) is 11.0. The molecule has 4 aromatic carbocycles. The molecule has 0 aliphatic rings. The zero-order valence-electron chi connectivity index (χ0n) is 23.9. The summed E-state index contributed by atoms with van der Waals surface area (Å²) in [5.41, 5.74) is 1.79. The number of para-hydroxylation sites is 1. The van der Waals surface area contributed by atoms with Crippen LogP contribution >= 0.6 is 27.5 Å². The first-order chi connectivity index (χ1) is 20.6. The summed E-state index contributed by atoms with van der Waals surface area (Å²) in [6, 6.07) is 30.1. The largest absolute Gasteiger partial charge is 0.352 e. The third kappa shape index (κ3) is 8.46. The zero-order valence-corrected chi connectivity index (χ0v) is 27.0. The number of nitrogens with zero attached hydrogens (tertiary/aromatic N) is 2. The van der Waals surface area contributed by atoms with Crippen LogP contribution < -0.4 is 9.62 Å². The lowest BCUT2D eigenvalue weighted by atomic mass is 10.0. The van der Waals surface area contributed by atoms with Gasteiger partial charge in [-0.2, -0.15) is 0 Å². The Morgan fingerprint density at radius 2 is 1.44 bits per heavy atom. The predicted octanol–water partition coefficient (Wildman–Crippen LogP) is 6.46. The van der Waals surface area contributed by atoms with E-state index >= 15 is 0 Å². The van der Waals surface area contributed by atoms with Gasteiger partial charge in [-0.15, -0.1) is 0 Å². The van der Waals surface area contributed by atoms with Crippen molar-refractivity contribution in [2.24, 2.45) is 0 Å². The van der Waals surface area contributed by atoms with Crippen LogP contribution in [0.25, 0.3) is 0 Å². The fraction of sp³-hybridized carbons (Fsp3) is 0.212. The number of rotatable bonds is 12. The van der Waals surface area contributed by atoms with Gasteiger partial charge in [-0.05, 0) is 61.4 Å². The van der Waals surface area contributed by atoms with Gasteiger partial charge in [-0.3, -0.25) is 13.9 Å². The third-order valence-electron chi connectivity index (χ3n) is 6.68. The molecule has 0 saturated heterocycles. The molecule has 2 amide bonds. The van der Waals surface area contributed by atoms with Crippen molar-refractivity contribution in [3.63, 3.8) is 0 Å². The highest BCUT2D eigenvalue weighted by Gasteiger charge is 2.35. The molecule has 0 fully saturated rings. The lowest BCUT2D eigenvalue weighted by molar-refractivity contribution is -0.140. The summed E-state index contributed by atoms with van der Waals surface area (Å²) >= 11 is 9.99. The first-order valence-corrected chi connectivity index (χ1v) is 16.4. The molecule has 43 heavy (non-hydrogen) atoms. The summed E-state index contributed by atoms with van der Waals surface area (Å²) in [6.45, 7) is 3.20. The van der Waals surface area contributed by atoms with Gasteiger partial charge < -0.3 is 10.2 Å². The van der Waals surface area contributed by atoms with Gasteiger partial charge in [0.15, 0.2) is 0 Å². The van der Waals surface area contributed by atoms with E-state index in [4.69, 9.17) is 11.6 Å². The monoisotopic (exact) mass is 681 g/mol. The second-order valence-corrected chi connectivity index (χ2v) is 13.5. The normalized spacial score (nSPS) is 12.0. The van der Waals surface area contributed by atoms with E-state index in [2.05, 4.69) is 21.2 Å². The van der Waals surface area contributed by atoms with Gasteiger partial charge in [0.05, 0.1) is 15.6 Å². The van der Waals surface area contributed by atoms with Crippen LogP contribution in [0.3, 0.4) is 0 Å². The topological polar surface area (TPSA) is 86.8 Å². The lowest BCUT2D eigenvalue weighted by Crippen LogP contribution is -2.54. The van der Waals surface area contributed by atoms with Crippen molar-refractivity contribution in [2.45, 2.75) is 43.8 Å². The number of hydrogen-bond acceptors (Lipinski definition) is 4. The highest BCUT2D eigenvalue weighted by molar-refractivity contribution is 9.10. The van der Waals surface area contributed by atoms with Crippen molar-refractivity contribution in [3.8, 4) is 0 Å². The van der Waals surface area contributed by atoms with Crippen LogP contribution in [0.2, 0.25) is 5.02 Å². The Bertz CT molecular complexity index is 1650. The van der Waals surface area contributed by atoms with E-state index in [1.54, 1.807) is 42.5 Å². The number of benzene rings is 4. The van der Waals surface area contributed by atoms with Crippen LogP contribution in [0.5, 0.6) is 0 Å². The molecule has 4 aromatic rings. The second-order valence-electron chi connectivity index (χ2n) is 10.3. The smallest absolute Gasteiger partial charge is 0.264 e. The van der Waals surface area contributed by atoms with Crippen LogP contribution in [-0.2, 0) is 32.6 Å². The Balaban J connectivity index is 1.81. The van der Waals surface area contributed by atoms with Crippen LogP contribution in [0.15, 0.2) is 119 Å².